The van der Waals surface area contributed by atoms with E-state index in [2.05, 4.69) is 5.32 Å². The Bertz CT molecular complexity index is 313. The monoisotopic (exact) mass is 270 g/mol. The summed E-state index contributed by atoms with van der Waals surface area (Å²) in [6, 6.07) is 0. The van der Waals surface area contributed by atoms with Crippen molar-refractivity contribution >= 4 is 28.2 Å². The van der Waals surface area contributed by atoms with E-state index >= 15 is 0 Å². The largest absolute Gasteiger partial charge is 0.354 e. The van der Waals surface area contributed by atoms with Gasteiger partial charge in [0.2, 0.25) is 5.91 Å². The van der Waals surface area contributed by atoms with E-state index in [-0.39, 0.29) is 17.7 Å². The number of amides is 1. The summed E-state index contributed by atoms with van der Waals surface area (Å²) in [4.78, 5) is 11.2. The van der Waals surface area contributed by atoms with Crippen LogP contribution in [0, 0.1) is 0 Å². The molecule has 0 unspecified atom stereocenters. The van der Waals surface area contributed by atoms with Crippen LogP contribution in [0.4, 0.5) is 0 Å². The van der Waals surface area contributed by atoms with Crippen LogP contribution >= 0.6 is 12.4 Å². The number of hydrogen-bond donors (Lipinski definition) is 2. The Hall–Kier alpha value is -0.330. The first kappa shape index (κ1) is 15.7. The van der Waals surface area contributed by atoms with Crippen LogP contribution < -0.4 is 11.1 Å². The number of nitrogens with one attached hydrogen (secondary N) is 1. The lowest BCUT2D eigenvalue weighted by Gasteiger charge is -2.10. The first-order chi connectivity index (χ1) is 7.06. The van der Waals surface area contributed by atoms with Crippen LogP contribution in [0.25, 0.3) is 0 Å². The molecule has 0 aromatic carbocycles. The second-order valence-electron chi connectivity index (χ2n) is 3.85. The molecule has 5 nitrogen and oxygen atoms in total. The highest BCUT2D eigenvalue weighted by Gasteiger charge is 2.30. The van der Waals surface area contributed by atoms with Crippen molar-refractivity contribution in [1.29, 1.82) is 0 Å². The molecule has 1 aliphatic rings. The number of carbonyl (C=O) groups excluding carboxylic acids is 1. The van der Waals surface area contributed by atoms with Crippen molar-refractivity contribution in [2.24, 2.45) is 5.73 Å². The Morgan fingerprint density at radius 3 is 2.38 bits per heavy atom. The second-order valence-corrected chi connectivity index (χ2v) is 6.13. The summed E-state index contributed by atoms with van der Waals surface area (Å²) in [5.74, 6) is -0.829. The van der Waals surface area contributed by atoms with E-state index in [0.29, 0.717) is 25.9 Å². The van der Waals surface area contributed by atoms with Crippen molar-refractivity contribution < 1.29 is 13.2 Å². The maximum Gasteiger partial charge on any atom is 0.235 e. The average Bonchev–Trinajstić information content (AvgIpc) is 2.67. The number of nitrogens with two attached hydrogens (primary N) is 1. The van der Waals surface area contributed by atoms with E-state index in [1.807, 2.05) is 0 Å². The van der Waals surface area contributed by atoms with Gasteiger partial charge in [0.1, 0.15) is 5.75 Å². The zero-order valence-corrected chi connectivity index (χ0v) is 10.8. The van der Waals surface area contributed by atoms with Crippen molar-refractivity contribution in [2.45, 2.75) is 30.9 Å². The summed E-state index contributed by atoms with van der Waals surface area (Å²) >= 11 is 0. The summed E-state index contributed by atoms with van der Waals surface area (Å²) in [7, 11) is -3.24. The Labute approximate surface area is 102 Å². The fourth-order valence-electron chi connectivity index (χ4n) is 1.81. The van der Waals surface area contributed by atoms with Gasteiger partial charge in [0.05, 0.1) is 5.25 Å². The standard InChI is InChI=1S/C9H18N2O3S.ClH/c10-5-6-11-9(12)7-15(13,14)8-3-1-2-4-8;/h8H,1-7,10H2,(H,11,12);1H. The predicted octanol–water partition coefficient (Wildman–Crippen LogP) is -0.159. The Morgan fingerprint density at radius 2 is 1.88 bits per heavy atom. The van der Waals surface area contributed by atoms with Crippen LogP contribution in [0.5, 0.6) is 0 Å². The number of sulfone groups is 1. The third-order valence-corrected chi connectivity index (χ3v) is 4.76. The average molecular weight is 271 g/mol. The van der Waals surface area contributed by atoms with Gasteiger partial charge in [-0.3, -0.25) is 4.79 Å². The molecule has 0 spiro atoms. The lowest BCUT2D eigenvalue weighted by atomic mass is 10.4. The maximum absolute atomic E-state index is 11.7. The fourth-order valence-corrected chi connectivity index (χ4v) is 3.57. The minimum absolute atomic E-state index is 0. The molecule has 0 saturated heterocycles. The van der Waals surface area contributed by atoms with Crippen LogP contribution in [0.1, 0.15) is 25.7 Å². The summed E-state index contributed by atoms with van der Waals surface area (Å²) < 4.78 is 23.4. The van der Waals surface area contributed by atoms with E-state index in [0.717, 1.165) is 12.8 Å². The van der Waals surface area contributed by atoms with E-state index in [4.69, 9.17) is 5.73 Å². The van der Waals surface area contributed by atoms with Crippen LogP contribution in [-0.2, 0) is 14.6 Å². The fraction of sp³-hybridized carbons (Fsp3) is 0.889. The smallest absolute Gasteiger partial charge is 0.235 e. The van der Waals surface area contributed by atoms with Crippen molar-refractivity contribution in [3.8, 4) is 0 Å². The lowest BCUT2D eigenvalue weighted by Crippen LogP contribution is -2.36. The van der Waals surface area contributed by atoms with E-state index in [1.54, 1.807) is 0 Å². The summed E-state index contributed by atoms with van der Waals surface area (Å²) in [5.41, 5.74) is 5.20. The third-order valence-electron chi connectivity index (χ3n) is 2.61. The van der Waals surface area contributed by atoms with Gasteiger partial charge < -0.3 is 11.1 Å². The van der Waals surface area contributed by atoms with Crippen molar-refractivity contribution in [3.63, 3.8) is 0 Å². The first-order valence-corrected chi connectivity index (χ1v) is 6.96. The molecule has 0 aliphatic heterocycles. The van der Waals surface area contributed by atoms with Gasteiger partial charge in [-0.15, -0.1) is 12.4 Å². The molecule has 1 amide bonds. The number of hydrogen-bond acceptors (Lipinski definition) is 4. The Morgan fingerprint density at radius 1 is 1.31 bits per heavy atom. The predicted molar refractivity (Wildman–Crippen MR) is 65.4 cm³/mol. The SMILES string of the molecule is Cl.NCCNC(=O)CS(=O)(=O)C1CCCC1. The maximum atomic E-state index is 11.7. The minimum atomic E-state index is -3.24. The molecule has 1 aliphatic carbocycles. The quantitative estimate of drug-likeness (QED) is 0.727. The van der Waals surface area contributed by atoms with Crippen molar-refractivity contribution in [2.75, 3.05) is 18.8 Å². The van der Waals surface area contributed by atoms with Crippen molar-refractivity contribution in [1.82, 2.24) is 5.32 Å². The summed E-state index contributed by atoms with van der Waals surface area (Å²) in [6.07, 6.45) is 3.31. The molecule has 1 fully saturated rings. The molecule has 1 rings (SSSR count). The molecule has 0 bridgehead atoms. The zero-order valence-electron chi connectivity index (χ0n) is 9.15. The lowest BCUT2D eigenvalue weighted by molar-refractivity contribution is -0.118. The molecule has 0 atom stereocenters. The molecule has 7 heteroatoms. The highest BCUT2D eigenvalue weighted by molar-refractivity contribution is 7.92. The van der Waals surface area contributed by atoms with Gasteiger partial charge in [0, 0.05) is 13.1 Å². The van der Waals surface area contributed by atoms with E-state index in [9.17, 15) is 13.2 Å². The van der Waals surface area contributed by atoms with Gasteiger partial charge in [-0.1, -0.05) is 12.8 Å². The normalized spacial score (nSPS) is 16.8. The minimum Gasteiger partial charge on any atom is -0.354 e. The molecule has 0 aromatic rings. The summed E-state index contributed by atoms with van der Waals surface area (Å²) in [6.45, 7) is 0.661. The van der Waals surface area contributed by atoms with Gasteiger partial charge in [0.15, 0.2) is 9.84 Å². The highest BCUT2D eigenvalue weighted by atomic mass is 35.5. The third kappa shape index (κ3) is 4.67. The molecular formula is C9H19ClN2O3S. The second kappa shape index (κ2) is 7.09. The topological polar surface area (TPSA) is 89.3 Å². The number of carbonyl (C=O) groups is 1. The van der Waals surface area contributed by atoms with Gasteiger partial charge in [-0.25, -0.2) is 8.42 Å². The van der Waals surface area contributed by atoms with Crippen LogP contribution in [-0.4, -0.2) is 38.4 Å². The molecule has 0 radical (unpaired) electrons. The van der Waals surface area contributed by atoms with Gasteiger partial charge in [-0.05, 0) is 12.8 Å². The molecule has 0 heterocycles. The molecule has 16 heavy (non-hydrogen) atoms. The molecule has 1 saturated carbocycles. The van der Waals surface area contributed by atoms with Crippen LogP contribution in [0.3, 0.4) is 0 Å². The highest BCUT2D eigenvalue weighted by Crippen LogP contribution is 2.24. The Balaban J connectivity index is 0.00000225. The van der Waals surface area contributed by atoms with Crippen LogP contribution in [0.15, 0.2) is 0 Å². The zero-order chi connectivity index (χ0) is 11.3. The van der Waals surface area contributed by atoms with Crippen LogP contribution in [0.2, 0.25) is 0 Å². The summed E-state index contributed by atoms with van der Waals surface area (Å²) in [5, 5.41) is 2.16. The van der Waals surface area contributed by atoms with Crippen molar-refractivity contribution in [3.05, 3.63) is 0 Å². The molecule has 3 N–H and O–H groups in total. The molecule has 0 aromatic heterocycles. The van der Waals surface area contributed by atoms with Gasteiger partial charge in [0.25, 0.3) is 0 Å². The van der Waals surface area contributed by atoms with Gasteiger partial charge >= 0.3 is 0 Å². The molecular weight excluding hydrogens is 252 g/mol. The molecule has 96 valence electrons. The van der Waals surface area contributed by atoms with Gasteiger partial charge in [-0.2, -0.15) is 0 Å². The Kier molecular flexibility index (Phi) is 6.94. The van der Waals surface area contributed by atoms with E-state index in [1.165, 1.54) is 0 Å². The number of halogens is 1. The first-order valence-electron chi connectivity index (χ1n) is 5.24. The number of rotatable bonds is 5. The van der Waals surface area contributed by atoms with E-state index < -0.39 is 21.5 Å².